The first-order valence-electron chi connectivity index (χ1n) is 9.20. The Morgan fingerprint density at radius 1 is 1.04 bits per heavy atom. The normalized spacial score (nSPS) is 17.9. The van der Waals surface area contributed by atoms with Crippen LogP contribution in [0.3, 0.4) is 0 Å². The summed E-state index contributed by atoms with van der Waals surface area (Å²) in [5, 5.41) is 3.39. The van der Waals surface area contributed by atoms with Crippen molar-refractivity contribution in [2.45, 2.75) is 38.0 Å². The van der Waals surface area contributed by atoms with E-state index in [9.17, 15) is 0 Å². The number of ether oxygens (including phenoxy) is 2. The van der Waals surface area contributed by atoms with Crippen molar-refractivity contribution in [2.75, 3.05) is 18.5 Å². The summed E-state index contributed by atoms with van der Waals surface area (Å²) in [6.45, 7) is 3.63. The van der Waals surface area contributed by atoms with E-state index in [0.717, 1.165) is 42.7 Å². The van der Waals surface area contributed by atoms with E-state index < -0.39 is 0 Å². The average Bonchev–Trinajstić information content (AvgIpc) is 3.09. The number of fused-ring (bicyclic) bond motifs is 1. The van der Waals surface area contributed by atoms with Crippen LogP contribution in [0, 0.1) is 0 Å². The molecule has 0 aliphatic carbocycles. The number of nitrogens with one attached hydrogen (secondary N) is 1. The second-order valence-electron chi connectivity index (χ2n) is 6.70. The molecular formula is C21H24N2O3. The summed E-state index contributed by atoms with van der Waals surface area (Å²) in [6.07, 6.45) is 1.98. The number of oxazole rings is 1. The van der Waals surface area contributed by atoms with E-state index >= 15 is 0 Å². The van der Waals surface area contributed by atoms with E-state index in [1.807, 2.05) is 42.5 Å². The monoisotopic (exact) mass is 352 g/mol. The third kappa shape index (κ3) is 3.89. The number of nitrogens with zero attached hydrogens (tertiary/aromatic N) is 1. The van der Waals surface area contributed by atoms with Crippen molar-refractivity contribution in [3.8, 4) is 0 Å². The van der Waals surface area contributed by atoms with E-state index in [1.165, 1.54) is 0 Å². The largest absolute Gasteiger partial charge is 0.424 e. The molecule has 5 heteroatoms. The van der Waals surface area contributed by atoms with Gasteiger partial charge in [-0.1, -0.05) is 42.5 Å². The Balaban J connectivity index is 1.53. The first kappa shape index (κ1) is 17.1. The highest BCUT2D eigenvalue weighted by molar-refractivity contribution is 5.74. The third-order valence-electron chi connectivity index (χ3n) is 4.73. The topological polar surface area (TPSA) is 56.5 Å². The van der Waals surface area contributed by atoms with E-state index in [0.29, 0.717) is 6.01 Å². The molecule has 2 unspecified atom stereocenters. The van der Waals surface area contributed by atoms with Crippen LogP contribution in [-0.2, 0) is 9.47 Å². The fourth-order valence-corrected chi connectivity index (χ4v) is 3.35. The summed E-state index contributed by atoms with van der Waals surface area (Å²) >= 11 is 0. The average molecular weight is 352 g/mol. The van der Waals surface area contributed by atoms with Crippen LogP contribution in [0.15, 0.2) is 59.0 Å². The van der Waals surface area contributed by atoms with Gasteiger partial charge in [0.1, 0.15) is 11.6 Å². The molecule has 1 N–H and O–H groups in total. The highest BCUT2D eigenvalue weighted by Gasteiger charge is 2.26. The number of para-hydroxylation sites is 2. The summed E-state index contributed by atoms with van der Waals surface area (Å²) in [5.41, 5.74) is 2.78. The van der Waals surface area contributed by atoms with Crippen LogP contribution in [0.1, 0.15) is 31.4 Å². The SMILES string of the molecule is CC(Nc1nc2ccccc2o1)C(OC1CCOCC1)c1ccccc1. The van der Waals surface area contributed by atoms with Gasteiger partial charge in [0.05, 0.1) is 12.1 Å². The van der Waals surface area contributed by atoms with Gasteiger partial charge in [-0.15, -0.1) is 0 Å². The van der Waals surface area contributed by atoms with Gasteiger partial charge in [0.2, 0.25) is 0 Å². The minimum atomic E-state index is -0.0886. The number of hydrogen-bond acceptors (Lipinski definition) is 5. The molecule has 0 amide bonds. The Bertz CT molecular complexity index is 794. The van der Waals surface area contributed by atoms with E-state index in [2.05, 4.69) is 29.4 Å². The highest BCUT2D eigenvalue weighted by atomic mass is 16.5. The lowest BCUT2D eigenvalue weighted by molar-refractivity contribution is -0.0740. The predicted octanol–water partition coefficient (Wildman–Crippen LogP) is 4.57. The molecule has 1 aliphatic rings. The van der Waals surface area contributed by atoms with Crippen LogP contribution >= 0.6 is 0 Å². The van der Waals surface area contributed by atoms with Crippen molar-refractivity contribution in [3.63, 3.8) is 0 Å². The molecule has 2 atom stereocenters. The molecule has 3 aromatic rings. The number of anilines is 1. The predicted molar refractivity (Wildman–Crippen MR) is 101 cm³/mol. The molecule has 1 aliphatic heterocycles. The summed E-state index contributed by atoms with van der Waals surface area (Å²) in [7, 11) is 0. The summed E-state index contributed by atoms with van der Waals surface area (Å²) < 4.78 is 17.7. The van der Waals surface area contributed by atoms with Crippen molar-refractivity contribution in [1.82, 2.24) is 4.98 Å². The molecule has 0 spiro atoms. The molecule has 4 rings (SSSR count). The molecule has 5 nitrogen and oxygen atoms in total. The van der Waals surface area contributed by atoms with Gasteiger partial charge in [-0.25, -0.2) is 0 Å². The van der Waals surface area contributed by atoms with Crippen LogP contribution in [0.25, 0.3) is 11.1 Å². The fraction of sp³-hybridized carbons (Fsp3) is 0.381. The molecule has 136 valence electrons. The van der Waals surface area contributed by atoms with Crippen LogP contribution < -0.4 is 5.32 Å². The van der Waals surface area contributed by atoms with Crippen LogP contribution in [0.4, 0.5) is 6.01 Å². The van der Waals surface area contributed by atoms with Gasteiger partial charge in [-0.3, -0.25) is 0 Å². The Hall–Kier alpha value is -2.37. The van der Waals surface area contributed by atoms with Crippen LogP contribution in [0.5, 0.6) is 0 Å². The van der Waals surface area contributed by atoms with E-state index in [4.69, 9.17) is 13.9 Å². The Kier molecular flexibility index (Phi) is 5.18. The third-order valence-corrected chi connectivity index (χ3v) is 4.73. The molecule has 2 heterocycles. The van der Waals surface area contributed by atoms with Crippen molar-refractivity contribution < 1.29 is 13.9 Å². The number of rotatable bonds is 6. The minimum Gasteiger partial charge on any atom is -0.424 e. The van der Waals surface area contributed by atoms with Crippen molar-refractivity contribution in [3.05, 3.63) is 60.2 Å². The van der Waals surface area contributed by atoms with Crippen molar-refractivity contribution >= 4 is 17.1 Å². The van der Waals surface area contributed by atoms with E-state index in [1.54, 1.807) is 0 Å². The lowest BCUT2D eigenvalue weighted by atomic mass is 10.0. The van der Waals surface area contributed by atoms with Gasteiger partial charge in [-0.05, 0) is 37.5 Å². The standard InChI is InChI=1S/C21H24N2O3/c1-15(22-21-23-18-9-5-6-10-19(18)26-21)20(16-7-3-2-4-8-16)25-17-11-13-24-14-12-17/h2-10,15,17,20H,11-14H2,1H3,(H,22,23). The van der Waals surface area contributed by atoms with E-state index in [-0.39, 0.29) is 18.2 Å². The molecule has 0 bridgehead atoms. The maximum Gasteiger partial charge on any atom is 0.295 e. The van der Waals surface area contributed by atoms with Gasteiger partial charge in [0, 0.05) is 13.2 Å². The molecular weight excluding hydrogens is 328 g/mol. The van der Waals surface area contributed by atoms with Gasteiger partial charge in [-0.2, -0.15) is 4.98 Å². The maximum atomic E-state index is 6.47. The smallest absolute Gasteiger partial charge is 0.295 e. The van der Waals surface area contributed by atoms with Gasteiger partial charge < -0.3 is 19.2 Å². The van der Waals surface area contributed by atoms with Crippen LogP contribution in [0.2, 0.25) is 0 Å². The van der Waals surface area contributed by atoms with Crippen LogP contribution in [-0.4, -0.2) is 30.3 Å². The van der Waals surface area contributed by atoms with Gasteiger partial charge >= 0.3 is 0 Å². The first-order valence-corrected chi connectivity index (χ1v) is 9.20. The lowest BCUT2D eigenvalue weighted by Gasteiger charge is -2.31. The Morgan fingerprint density at radius 2 is 1.77 bits per heavy atom. The van der Waals surface area contributed by atoms with Crippen molar-refractivity contribution in [1.29, 1.82) is 0 Å². The van der Waals surface area contributed by atoms with Crippen molar-refractivity contribution in [2.24, 2.45) is 0 Å². The van der Waals surface area contributed by atoms with Gasteiger partial charge in [0.15, 0.2) is 5.58 Å². The second kappa shape index (κ2) is 7.89. The zero-order valence-corrected chi connectivity index (χ0v) is 14.9. The fourth-order valence-electron chi connectivity index (χ4n) is 3.35. The number of hydrogen-bond donors (Lipinski definition) is 1. The molecule has 0 radical (unpaired) electrons. The molecule has 1 fully saturated rings. The molecule has 0 saturated carbocycles. The minimum absolute atomic E-state index is 0.00769. The zero-order valence-electron chi connectivity index (χ0n) is 14.9. The lowest BCUT2D eigenvalue weighted by Crippen LogP contribution is -2.32. The Morgan fingerprint density at radius 3 is 2.54 bits per heavy atom. The second-order valence-corrected chi connectivity index (χ2v) is 6.70. The maximum absolute atomic E-state index is 6.47. The number of aromatic nitrogens is 1. The summed E-state index contributed by atoms with van der Waals surface area (Å²) in [6, 6.07) is 18.6. The molecule has 2 aromatic carbocycles. The Labute approximate surface area is 153 Å². The molecule has 1 saturated heterocycles. The summed E-state index contributed by atoms with van der Waals surface area (Å²) in [4.78, 5) is 4.52. The molecule has 26 heavy (non-hydrogen) atoms. The first-order chi connectivity index (χ1) is 12.8. The summed E-state index contributed by atoms with van der Waals surface area (Å²) in [5.74, 6) is 0. The van der Waals surface area contributed by atoms with Gasteiger partial charge in [0.25, 0.3) is 6.01 Å². The highest BCUT2D eigenvalue weighted by Crippen LogP contribution is 2.29. The quantitative estimate of drug-likeness (QED) is 0.704. The zero-order chi connectivity index (χ0) is 17.8. The molecule has 1 aromatic heterocycles. The number of benzene rings is 2.